The van der Waals surface area contributed by atoms with Gasteiger partial charge in [-0.05, 0) is 19.1 Å². The number of benzene rings is 1. The molecule has 0 saturated heterocycles. The molecule has 2 aromatic rings. The van der Waals surface area contributed by atoms with E-state index in [2.05, 4.69) is 10.6 Å². The van der Waals surface area contributed by atoms with Gasteiger partial charge in [0.25, 0.3) is 0 Å². The zero-order valence-electron chi connectivity index (χ0n) is 12.1. The Hall–Kier alpha value is -2.47. The summed E-state index contributed by atoms with van der Waals surface area (Å²) in [5.41, 5.74) is 0.627. The molecule has 0 spiro atoms. The first-order chi connectivity index (χ1) is 10.6. The van der Waals surface area contributed by atoms with E-state index >= 15 is 0 Å². The van der Waals surface area contributed by atoms with Gasteiger partial charge in [-0.2, -0.15) is 0 Å². The molecule has 0 unspecified atom stereocenters. The first-order valence-corrected chi connectivity index (χ1v) is 7.68. The number of hydrogen-bond acceptors (Lipinski definition) is 4. The molecule has 6 heteroatoms. The van der Waals surface area contributed by atoms with Crippen molar-refractivity contribution in [2.45, 2.75) is 13.5 Å². The Bertz CT molecular complexity index is 680. The van der Waals surface area contributed by atoms with Gasteiger partial charge in [-0.3, -0.25) is 14.4 Å². The summed E-state index contributed by atoms with van der Waals surface area (Å²) in [5.74, 6) is -1.38. The molecule has 5 nitrogen and oxygen atoms in total. The standard InChI is InChI=1S/C16H16N2O3S/c1-2-17-15(20)16(21)18-10-12-8-9-13(22-12)14(19)11-6-4-3-5-7-11/h3-9H,2,10H2,1H3,(H,17,20)(H,18,21). The second-order valence-electron chi connectivity index (χ2n) is 4.50. The predicted octanol–water partition coefficient (Wildman–Crippen LogP) is 1.73. The van der Waals surface area contributed by atoms with E-state index in [1.165, 1.54) is 11.3 Å². The normalized spacial score (nSPS) is 10.0. The van der Waals surface area contributed by atoms with Crippen molar-refractivity contribution in [1.82, 2.24) is 10.6 Å². The van der Waals surface area contributed by atoms with Crippen molar-refractivity contribution in [1.29, 1.82) is 0 Å². The Morgan fingerprint density at radius 1 is 0.955 bits per heavy atom. The average molecular weight is 316 g/mol. The second-order valence-corrected chi connectivity index (χ2v) is 5.67. The van der Waals surface area contributed by atoms with E-state index in [0.717, 1.165) is 4.88 Å². The minimum atomic E-state index is -0.675. The lowest BCUT2D eigenvalue weighted by Crippen LogP contribution is -2.39. The summed E-state index contributed by atoms with van der Waals surface area (Å²) in [6, 6.07) is 12.5. The monoisotopic (exact) mass is 316 g/mol. The van der Waals surface area contributed by atoms with Crippen molar-refractivity contribution < 1.29 is 14.4 Å². The molecule has 2 N–H and O–H groups in total. The van der Waals surface area contributed by atoms with Gasteiger partial charge in [-0.25, -0.2) is 0 Å². The topological polar surface area (TPSA) is 75.3 Å². The molecule has 0 bridgehead atoms. The molecule has 1 aromatic carbocycles. The van der Waals surface area contributed by atoms with E-state index in [0.29, 0.717) is 17.0 Å². The van der Waals surface area contributed by atoms with Gasteiger partial charge in [0.05, 0.1) is 11.4 Å². The molecule has 0 aliphatic heterocycles. The number of nitrogens with one attached hydrogen (secondary N) is 2. The maximum atomic E-state index is 12.3. The SMILES string of the molecule is CCNC(=O)C(=O)NCc1ccc(C(=O)c2ccccc2)s1. The number of carbonyl (C=O) groups is 3. The van der Waals surface area contributed by atoms with Gasteiger partial charge in [0.15, 0.2) is 0 Å². The van der Waals surface area contributed by atoms with Crippen LogP contribution in [0.15, 0.2) is 42.5 Å². The number of amides is 2. The highest BCUT2D eigenvalue weighted by Gasteiger charge is 2.14. The van der Waals surface area contributed by atoms with Gasteiger partial charge in [0, 0.05) is 17.0 Å². The Morgan fingerprint density at radius 2 is 1.64 bits per heavy atom. The summed E-state index contributed by atoms with van der Waals surface area (Å²) in [7, 11) is 0. The molecular formula is C16H16N2O3S. The summed E-state index contributed by atoms with van der Waals surface area (Å²) >= 11 is 1.31. The largest absolute Gasteiger partial charge is 0.348 e. The molecule has 0 fully saturated rings. The zero-order valence-corrected chi connectivity index (χ0v) is 12.9. The number of likely N-dealkylation sites (N-methyl/N-ethyl adjacent to an activating group) is 1. The van der Waals surface area contributed by atoms with Crippen molar-refractivity contribution in [2.24, 2.45) is 0 Å². The van der Waals surface area contributed by atoms with Gasteiger partial charge in [-0.15, -0.1) is 11.3 Å². The smallest absolute Gasteiger partial charge is 0.309 e. The van der Waals surface area contributed by atoms with E-state index in [-0.39, 0.29) is 12.3 Å². The third-order valence-electron chi connectivity index (χ3n) is 2.89. The lowest BCUT2D eigenvalue weighted by molar-refractivity contribution is -0.139. The predicted molar refractivity (Wildman–Crippen MR) is 84.7 cm³/mol. The molecule has 0 atom stereocenters. The lowest BCUT2D eigenvalue weighted by Gasteiger charge is -2.03. The van der Waals surface area contributed by atoms with Crippen LogP contribution in [-0.4, -0.2) is 24.1 Å². The Morgan fingerprint density at radius 3 is 2.32 bits per heavy atom. The van der Waals surface area contributed by atoms with E-state index < -0.39 is 11.8 Å². The molecule has 22 heavy (non-hydrogen) atoms. The van der Waals surface area contributed by atoms with Crippen LogP contribution in [-0.2, 0) is 16.1 Å². The molecule has 0 aliphatic carbocycles. The molecule has 1 aromatic heterocycles. The number of rotatable bonds is 5. The highest BCUT2D eigenvalue weighted by atomic mass is 32.1. The lowest BCUT2D eigenvalue weighted by atomic mass is 10.1. The van der Waals surface area contributed by atoms with Crippen LogP contribution < -0.4 is 10.6 Å². The van der Waals surface area contributed by atoms with E-state index in [1.807, 2.05) is 18.2 Å². The summed E-state index contributed by atoms with van der Waals surface area (Å²) in [6.07, 6.45) is 0. The molecule has 2 amide bonds. The second kappa shape index (κ2) is 7.51. The molecule has 114 valence electrons. The Kier molecular flexibility index (Phi) is 5.43. The summed E-state index contributed by atoms with van der Waals surface area (Å²) in [5, 5.41) is 4.95. The first kappa shape index (κ1) is 15.9. The van der Waals surface area contributed by atoms with Crippen LogP contribution in [0.2, 0.25) is 0 Å². The van der Waals surface area contributed by atoms with Gasteiger partial charge in [0.1, 0.15) is 0 Å². The number of hydrogen-bond donors (Lipinski definition) is 2. The van der Waals surface area contributed by atoms with Crippen LogP contribution >= 0.6 is 11.3 Å². The highest BCUT2D eigenvalue weighted by molar-refractivity contribution is 7.14. The van der Waals surface area contributed by atoms with Crippen LogP contribution in [0.4, 0.5) is 0 Å². The Labute approximate surface area is 132 Å². The van der Waals surface area contributed by atoms with Crippen molar-refractivity contribution in [2.75, 3.05) is 6.54 Å². The van der Waals surface area contributed by atoms with Gasteiger partial charge >= 0.3 is 11.8 Å². The highest BCUT2D eigenvalue weighted by Crippen LogP contribution is 2.19. The number of thiophene rings is 1. The third kappa shape index (κ3) is 4.02. The maximum Gasteiger partial charge on any atom is 0.309 e. The summed E-state index contributed by atoms with van der Waals surface area (Å²) < 4.78 is 0. The zero-order chi connectivity index (χ0) is 15.9. The molecule has 2 rings (SSSR count). The quantitative estimate of drug-likeness (QED) is 0.651. The third-order valence-corrected chi connectivity index (χ3v) is 3.97. The molecule has 0 saturated carbocycles. The fourth-order valence-electron chi connectivity index (χ4n) is 1.82. The van der Waals surface area contributed by atoms with Crippen molar-refractivity contribution >= 4 is 28.9 Å². The van der Waals surface area contributed by atoms with Crippen LogP contribution in [0.1, 0.15) is 27.0 Å². The van der Waals surface area contributed by atoms with Crippen molar-refractivity contribution in [3.05, 3.63) is 57.8 Å². The minimum Gasteiger partial charge on any atom is -0.348 e. The van der Waals surface area contributed by atoms with Crippen LogP contribution in [0.3, 0.4) is 0 Å². The maximum absolute atomic E-state index is 12.3. The average Bonchev–Trinajstić information content (AvgIpc) is 3.02. The molecule has 0 radical (unpaired) electrons. The van der Waals surface area contributed by atoms with Gasteiger partial charge < -0.3 is 10.6 Å². The number of carbonyl (C=O) groups excluding carboxylic acids is 3. The van der Waals surface area contributed by atoms with Crippen LogP contribution in [0, 0.1) is 0 Å². The number of ketones is 1. The summed E-state index contributed by atoms with van der Waals surface area (Å²) in [4.78, 5) is 36.4. The van der Waals surface area contributed by atoms with Crippen molar-refractivity contribution in [3.8, 4) is 0 Å². The van der Waals surface area contributed by atoms with Gasteiger partial charge in [-0.1, -0.05) is 30.3 Å². The first-order valence-electron chi connectivity index (χ1n) is 6.86. The Balaban J connectivity index is 1.96. The fraction of sp³-hybridized carbons (Fsp3) is 0.188. The molecular weight excluding hydrogens is 300 g/mol. The van der Waals surface area contributed by atoms with Crippen LogP contribution in [0.25, 0.3) is 0 Å². The van der Waals surface area contributed by atoms with Gasteiger partial charge in [0.2, 0.25) is 5.78 Å². The summed E-state index contributed by atoms with van der Waals surface area (Å²) in [6.45, 7) is 2.37. The van der Waals surface area contributed by atoms with E-state index in [9.17, 15) is 14.4 Å². The fourth-order valence-corrected chi connectivity index (χ4v) is 2.72. The van der Waals surface area contributed by atoms with Crippen molar-refractivity contribution in [3.63, 3.8) is 0 Å². The van der Waals surface area contributed by atoms with E-state index in [1.54, 1.807) is 31.2 Å². The van der Waals surface area contributed by atoms with E-state index in [4.69, 9.17) is 0 Å². The molecule has 1 heterocycles. The van der Waals surface area contributed by atoms with Crippen LogP contribution in [0.5, 0.6) is 0 Å². The minimum absolute atomic E-state index is 0.0492. The molecule has 0 aliphatic rings.